The Hall–Kier alpha value is -3.61. The van der Waals surface area contributed by atoms with Crippen LogP contribution in [0.1, 0.15) is 43.2 Å². The summed E-state index contributed by atoms with van der Waals surface area (Å²) in [6, 6.07) is 5.75. The lowest BCUT2D eigenvalue weighted by Gasteiger charge is -2.37. The van der Waals surface area contributed by atoms with Crippen LogP contribution in [-0.2, 0) is 16.0 Å². The van der Waals surface area contributed by atoms with Crippen LogP contribution in [0, 0.1) is 23.2 Å². The van der Waals surface area contributed by atoms with Gasteiger partial charge in [0, 0.05) is 53.0 Å². The molecule has 2 fully saturated rings. The number of anilines is 1. The number of nitrogens with zero attached hydrogens (tertiary/aromatic N) is 2. The standard InChI is InChI=1S/C29H29N3O4/c1-28(2,3)36-27(35)31-11-10-17-19-12-22(30-21(19)8-9-23(17)31)26(34)32-15-16-14-29(16)20-7-5-4-6-18(20)24(33)13-25(29)32/h4-9,12-13,16,18,20,30H,10-11,14-15H2,1-3H3. The second-order valence-corrected chi connectivity index (χ2v) is 11.7. The lowest BCUT2D eigenvalue weighted by molar-refractivity contribution is -0.119. The fraction of sp³-hybridized carbons (Fsp3) is 0.414. The number of allylic oxidation sites excluding steroid dienone is 6. The van der Waals surface area contributed by atoms with E-state index in [0.29, 0.717) is 31.1 Å². The van der Waals surface area contributed by atoms with Crippen LogP contribution in [0.2, 0.25) is 0 Å². The average Bonchev–Trinajstić information content (AvgIpc) is 3.17. The highest BCUT2D eigenvalue weighted by Crippen LogP contribution is 2.71. The summed E-state index contributed by atoms with van der Waals surface area (Å²) < 4.78 is 5.59. The van der Waals surface area contributed by atoms with Gasteiger partial charge in [-0.15, -0.1) is 0 Å². The van der Waals surface area contributed by atoms with Gasteiger partial charge in [0.25, 0.3) is 5.91 Å². The van der Waals surface area contributed by atoms with Crippen LogP contribution in [0.25, 0.3) is 10.9 Å². The van der Waals surface area contributed by atoms with Crippen LogP contribution in [0.15, 0.2) is 54.3 Å². The zero-order valence-electron chi connectivity index (χ0n) is 20.7. The van der Waals surface area contributed by atoms with E-state index in [1.807, 2.05) is 62.1 Å². The summed E-state index contributed by atoms with van der Waals surface area (Å²) in [4.78, 5) is 46.2. The molecule has 1 aromatic carbocycles. The Labute approximate surface area is 209 Å². The minimum absolute atomic E-state index is 0.0864. The zero-order valence-corrected chi connectivity index (χ0v) is 20.7. The number of carbonyl (C=O) groups excluding carboxylic acids is 3. The molecule has 184 valence electrons. The summed E-state index contributed by atoms with van der Waals surface area (Å²) in [6.07, 6.45) is 11.3. The molecule has 4 unspecified atom stereocenters. The SMILES string of the molecule is CC(C)(C)OC(=O)N1CCc2c1ccc1[nH]c(C(=O)N3CC4CC45C3=CC(=O)C3C=CC=CC35)cc21. The highest BCUT2D eigenvalue weighted by Gasteiger charge is 2.70. The Kier molecular flexibility index (Phi) is 4.21. The number of benzene rings is 1. The Bertz CT molecular complexity index is 1450. The molecule has 2 amide bonds. The van der Waals surface area contributed by atoms with Crippen molar-refractivity contribution in [2.75, 3.05) is 18.0 Å². The normalized spacial score (nSPS) is 29.6. The molecule has 0 radical (unpaired) electrons. The molecular weight excluding hydrogens is 454 g/mol. The van der Waals surface area contributed by atoms with Crippen LogP contribution in [0.3, 0.4) is 0 Å². The summed E-state index contributed by atoms with van der Waals surface area (Å²) in [5, 5.41) is 0.954. The second-order valence-electron chi connectivity index (χ2n) is 11.7. The minimum atomic E-state index is -0.565. The molecule has 7 nitrogen and oxygen atoms in total. The van der Waals surface area contributed by atoms with Gasteiger partial charge >= 0.3 is 6.09 Å². The first kappa shape index (κ1) is 21.7. The molecule has 7 rings (SSSR count). The molecule has 1 saturated carbocycles. The van der Waals surface area contributed by atoms with E-state index in [1.54, 1.807) is 11.0 Å². The van der Waals surface area contributed by atoms with E-state index in [0.717, 1.165) is 34.3 Å². The maximum absolute atomic E-state index is 13.8. The third-order valence-corrected chi connectivity index (χ3v) is 8.52. The van der Waals surface area contributed by atoms with Crippen LogP contribution >= 0.6 is 0 Å². The second kappa shape index (κ2) is 6.99. The van der Waals surface area contributed by atoms with Crippen molar-refractivity contribution in [3.05, 3.63) is 65.5 Å². The van der Waals surface area contributed by atoms with Crippen molar-refractivity contribution in [3.63, 3.8) is 0 Å². The van der Waals surface area contributed by atoms with Gasteiger partial charge in [-0.2, -0.15) is 0 Å². The lowest BCUT2D eigenvalue weighted by Crippen LogP contribution is -2.39. The third kappa shape index (κ3) is 2.88. The van der Waals surface area contributed by atoms with Crippen molar-refractivity contribution in [1.29, 1.82) is 0 Å². The van der Waals surface area contributed by atoms with Gasteiger partial charge in [-0.3, -0.25) is 14.5 Å². The quantitative estimate of drug-likeness (QED) is 0.635. The minimum Gasteiger partial charge on any atom is -0.443 e. The summed E-state index contributed by atoms with van der Waals surface area (Å²) in [5.74, 6) is 0.426. The number of ether oxygens (including phenoxy) is 1. The van der Waals surface area contributed by atoms with Crippen LogP contribution in [0.5, 0.6) is 0 Å². The highest BCUT2D eigenvalue weighted by molar-refractivity contribution is 6.04. The number of ketones is 1. The average molecular weight is 484 g/mol. The van der Waals surface area contributed by atoms with Gasteiger partial charge < -0.3 is 14.6 Å². The highest BCUT2D eigenvalue weighted by atomic mass is 16.6. The summed E-state index contributed by atoms with van der Waals surface area (Å²) in [5.41, 5.74) is 3.50. The van der Waals surface area contributed by atoms with E-state index in [1.165, 1.54) is 0 Å². The van der Waals surface area contributed by atoms with Gasteiger partial charge in [-0.05, 0) is 63.3 Å². The largest absolute Gasteiger partial charge is 0.443 e. The molecule has 1 N–H and O–H groups in total. The molecule has 4 atom stereocenters. The fourth-order valence-corrected chi connectivity index (χ4v) is 6.93. The predicted molar refractivity (Wildman–Crippen MR) is 136 cm³/mol. The number of aromatic nitrogens is 1. The monoisotopic (exact) mass is 483 g/mol. The van der Waals surface area contributed by atoms with E-state index < -0.39 is 5.60 Å². The van der Waals surface area contributed by atoms with Gasteiger partial charge in [0.1, 0.15) is 11.3 Å². The number of rotatable bonds is 1. The van der Waals surface area contributed by atoms with Gasteiger partial charge in [-0.1, -0.05) is 24.3 Å². The summed E-state index contributed by atoms with van der Waals surface area (Å²) in [6.45, 7) is 6.78. The van der Waals surface area contributed by atoms with E-state index in [9.17, 15) is 14.4 Å². The summed E-state index contributed by atoms with van der Waals surface area (Å²) >= 11 is 0. The number of piperidine rings is 1. The molecule has 1 aromatic heterocycles. The Morgan fingerprint density at radius 3 is 2.75 bits per heavy atom. The van der Waals surface area contributed by atoms with E-state index in [4.69, 9.17) is 4.74 Å². The molecule has 5 aliphatic rings. The van der Waals surface area contributed by atoms with Crippen LogP contribution in [-0.4, -0.2) is 46.4 Å². The number of hydrogen-bond acceptors (Lipinski definition) is 4. The lowest BCUT2D eigenvalue weighted by atomic mass is 9.69. The molecule has 2 aromatic rings. The van der Waals surface area contributed by atoms with E-state index in [-0.39, 0.29) is 35.0 Å². The van der Waals surface area contributed by atoms with Crippen molar-refractivity contribution in [2.45, 2.75) is 39.2 Å². The molecule has 3 heterocycles. The number of H-pyrrole nitrogens is 1. The van der Waals surface area contributed by atoms with Gasteiger partial charge in [0.05, 0.1) is 5.69 Å². The first-order chi connectivity index (χ1) is 17.2. The number of hydrogen-bond donors (Lipinski definition) is 1. The third-order valence-electron chi connectivity index (χ3n) is 8.52. The first-order valence-electron chi connectivity index (χ1n) is 12.8. The molecule has 1 spiro atoms. The fourth-order valence-electron chi connectivity index (χ4n) is 6.93. The predicted octanol–water partition coefficient (Wildman–Crippen LogP) is 4.75. The molecule has 1 saturated heterocycles. The van der Waals surface area contributed by atoms with E-state index >= 15 is 0 Å². The molecule has 7 heteroatoms. The smallest absolute Gasteiger partial charge is 0.414 e. The number of nitrogens with one attached hydrogen (secondary N) is 1. The number of carbonyl (C=O) groups is 3. The Morgan fingerprint density at radius 1 is 1.14 bits per heavy atom. The summed E-state index contributed by atoms with van der Waals surface area (Å²) in [7, 11) is 0. The molecule has 36 heavy (non-hydrogen) atoms. The number of likely N-dealkylation sites (tertiary alicyclic amines) is 1. The van der Waals surface area contributed by atoms with Crippen molar-refractivity contribution in [3.8, 4) is 0 Å². The Balaban J connectivity index is 1.21. The van der Waals surface area contributed by atoms with Gasteiger partial charge in [0.15, 0.2) is 5.78 Å². The van der Waals surface area contributed by atoms with Crippen molar-refractivity contribution in [2.24, 2.45) is 23.2 Å². The zero-order chi connectivity index (χ0) is 25.0. The van der Waals surface area contributed by atoms with Gasteiger partial charge in [-0.25, -0.2) is 4.79 Å². The first-order valence-corrected chi connectivity index (χ1v) is 12.8. The molecular formula is C29H29N3O4. The van der Waals surface area contributed by atoms with Crippen LogP contribution in [0.4, 0.5) is 10.5 Å². The molecule has 0 bridgehead atoms. The van der Waals surface area contributed by atoms with Crippen LogP contribution < -0.4 is 4.90 Å². The number of amides is 2. The molecule has 3 aliphatic carbocycles. The maximum Gasteiger partial charge on any atom is 0.414 e. The van der Waals surface area contributed by atoms with Gasteiger partial charge in [0.2, 0.25) is 0 Å². The molecule has 2 aliphatic heterocycles. The van der Waals surface area contributed by atoms with Crippen molar-refractivity contribution >= 4 is 34.4 Å². The maximum atomic E-state index is 13.8. The van der Waals surface area contributed by atoms with Crippen molar-refractivity contribution < 1.29 is 19.1 Å². The Morgan fingerprint density at radius 2 is 1.94 bits per heavy atom. The number of aromatic amines is 1. The number of fused-ring (bicyclic) bond motifs is 4. The van der Waals surface area contributed by atoms with E-state index in [2.05, 4.69) is 11.1 Å². The van der Waals surface area contributed by atoms with Crippen molar-refractivity contribution in [1.82, 2.24) is 9.88 Å². The topological polar surface area (TPSA) is 82.7 Å².